The van der Waals surface area contributed by atoms with Crippen molar-refractivity contribution in [3.8, 4) is 6.07 Å². The van der Waals surface area contributed by atoms with Crippen LogP contribution in [0.25, 0.3) is 0 Å². The first-order chi connectivity index (χ1) is 5.27. The van der Waals surface area contributed by atoms with Crippen molar-refractivity contribution < 1.29 is 4.79 Å². The molecule has 0 aromatic carbocycles. The lowest BCUT2D eigenvalue weighted by molar-refractivity contribution is -0.123. The number of nitrogens with one attached hydrogen (secondary N) is 1. The van der Waals surface area contributed by atoms with Crippen molar-refractivity contribution in [2.45, 2.75) is 32.2 Å². The van der Waals surface area contributed by atoms with Gasteiger partial charge >= 0.3 is 0 Å². The van der Waals surface area contributed by atoms with Crippen molar-refractivity contribution in [2.24, 2.45) is 5.92 Å². The fourth-order valence-electron chi connectivity index (χ4n) is 0.865. The minimum atomic E-state index is -0.449. The molecule has 0 saturated heterocycles. The van der Waals surface area contributed by atoms with Gasteiger partial charge in [-0.1, -0.05) is 6.92 Å². The topological polar surface area (TPSA) is 52.9 Å². The fraction of sp³-hybridized carbons (Fsp3) is 0.750. The Hall–Kier alpha value is -1.04. The first kappa shape index (κ1) is 8.06. The normalized spacial score (nSPS) is 18.5. The van der Waals surface area contributed by atoms with Crippen molar-refractivity contribution in [1.82, 2.24) is 5.32 Å². The van der Waals surface area contributed by atoms with Crippen LogP contribution in [0, 0.1) is 17.2 Å². The van der Waals surface area contributed by atoms with Gasteiger partial charge in [0.2, 0.25) is 5.91 Å². The largest absolute Gasteiger partial charge is 0.352 e. The minimum Gasteiger partial charge on any atom is -0.352 e. The first-order valence-corrected chi connectivity index (χ1v) is 3.98. The molecule has 1 N–H and O–H groups in total. The highest BCUT2D eigenvalue weighted by Crippen LogP contribution is 2.19. The maximum absolute atomic E-state index is 11.1. The summed E-state index contributed by atoms with van der Waals surface area (Å²) in [6.07, 6.45) is 2.76. The van der Waals surface area contributed by atoms with E-state index in [-0.39, 0.29) is 5.91 Å². The van der Waals surface area contributed by atoms with Crippen LogP contribution in [-0.2, 0) is 4.79 Å². The summed E-state index contributed by atoms with van der Waals surface area (Å²) < 4.78 is 0. The molecular weight excluding hydrogens is 140 g/mol. The van der Waals surface area contributed by atoms with E-state index in [2.05, 4.69) is 5.32 Å². The van der Waals surface area contributed by atoms with E-state index in [0.717, 1.165) is 12.8 Å². The summed E-state index contributed by atoms with van der Waals surface area (Å²) >= 11 is 0. The summed E-state index contributed by atoms with van der Waals surface area (Å²) in [6, 6.07) is 2.34. The molecule has 1 fully saturated rings. The van der Waals surface area contributed by atoms with Gasteiger partial charge in [-0.05, 0) is 19.3 Å². The molecule has 0 heterocycles. The number of carbonyl (C=O) groups excluding carboxylic acids is 1. The van der Waals surface area contributed by atoms with Gasteiger partial charge in [0.05, 0.1) is 6.07 Å². The molecule has 0 spiro atoms. The molecule has 1 amide bonds. The lowest BCUT2D eigenvalue weighted by Crippen LogP contribution is -2.31. The Bertz CT molecular complexity index is 191. The molecular formula is C8H12N2O. The van der Waals surface area contributed by atoms with Crippen LogP contribution < -0.4 is 5.32 Å². The van der Waals surface area contributed by atoms with E-state index in [9.17, 15) is 4.79 Å². The number of amides is 1. The van der Waals surface area contributed by atoms with Gasteiger partial charge in [0, 0.05) is 6.04 Å². The van der Waals surface area contributed by atoms with Crippen molar-refractivity contribution in [3.63, 3.8) is 0 Å². The van der Waals surface area contributed by atoms with E-state index in [1.54, 1.807) is 0 Å². The van der Waals surface area contributed by atoms with Crippen molar-refractivity contribution in [3.05, 3.63) is 0 Å². The standard InChI is InChI=1S/C8H12N2O/c1-2-6(5-9)8(11)10-7-3-4-7/h6-7H,2-4H2,1H3,(H,10,11). The lowest BCUT2D eigenvalue weighted by atomic mass is 10.1. The SMILES string of the molecule is CCC(C#N)C(=O)NC1CC1. The van der Waals surface area contributed by atoms with E-state index >= 15 is 0 Å². The molecule has 1 atom stereocenters. The molecule has 0 radical (unpaired) electrons. The van der Waals surface area contributed by atoms with Gasteiger partial charge in [-0.15, -0.1) is 0 Å². The highest BCUT2D eigenvalue weighted by atomic mass is 16.1. The van der Waals surface area contributed by atoms with Gasteiger partial charge in [-0.3, -0.25) is 4.79 Å². The number of nitriles is 1. The molecule has 1 aliphatic carbocycles. The van der Waals surface area contributed by atoms with Crippen molar-refractivity contribution >= 4 is 5.91 Å². The molecule has 1 aliphatic rings. The molecule has 0 bridgehead atoms. The van der Waals surface area contributed by atoms with Crippen LogP contribution in [0.4, 0.5) is 0 Å². The molecule has 1 unspecified atom stereocenters. The van der Waals surface area contributed by atoms with Gasteiger partial charge in [0.15, 0.2) is 0 Å². The summed E-state index contributed by atoms with van der Waals surface area (Å²) in [5, 5.41) is 11.3. The van der Waals surface area contributed by atoms with Gasteiger partial charge in [0.25, 0.3) is 0 Å². The predicted molar refractivity (Wildman–Crippen MR) is 40.6 cm³/mol. The Balaban J connectivity index is 2.32. The Kier molecular flexibility index (Phi) is 2.48. The van der Waals surface area contributed by atoms with Crippen LogP contribution >= 0.6 is 0 Å². The van der Waals surface area contributed by atoms with Crippen LogP contribution in [0.5, 0.6) is 0 Å². The second-order valence-electron chi connectivity index (χ2n) is 2.87. The Morgan fingerprint density at radius 2 is 2.45 bits per heavy atom. The maximum Gasteiger partial charge on any atom is 0.237 e. The number of carbonyl (C=O) groups is 1. The third-order valence-electron chi connectivity index (χ3n) is 1.80. The smallest absolute Gasteiger partial charge is 0.237 e. The highest BCUT2D eigenvalue weighted by Gasteiger charge is 2.26. The van der Waals surface area contributed by atoms with Gasteiger partial charge in [-0.2, -0.15) is 5.26 Å². The first-order valence-electron chi connectivity index (χ1n) is 3.98. The maximum atomic E-state index is 11.1. The summed E-state index contributed by atoms with van der Waals surface area (Å²) in [6.45, 7) is 1.85. The van der Waals surface area contributed by atoms with Crippen LogP contribution in [-0.4, -0.2) is 11.9 Å². The zero-order valence-corrected chi connectivity index (χ0v) is 6.63. The highest BCUT2D eigenvalue weighted by molar-refractivity contribution is 5.81. The number of hydrogen-bond acceptors (Lipinski definition) is 2. The number of nitrogens with zero attached hydrogens (tertiary/aromatic N) is 1. The molecule has 0 aromatic rings. The molecule has 60 valence electrons. The van der Waals surface area contributed by atoms with E-state index in [1.165, 1.54) is 0 Å². The Morgan fingerprint density at radius 1 is 1.82 bits per heavy atom. The fourth-order valence-corrected chi connectivity index (χ4v) is 0.865. The second kappa shape index (κ2) is 3.38. The Labute approximate surface area is 66.4 Å². The van der Waals surface area contributed by atoms with E-state index in [1.807, 2.05) is 13.0 Å². The van der Waals surface area contributed by atoms with Crippen LogP contribution in [0.15, 0.2) is 0 Å². The van der Waals surface area contributed by atoms with Crippen molar-refractivity contribution in [1.29, 1.82) is 5.26 Å². The Morgan fingerprint density at radius 3 is 2.82 bits per heavy atom. The predicted octanol–water partition coefficient (Wildman–Crippen LogP) is 0.815. The molecule has 1 saturated carbocycles. The van der Waals surface area contributed by atoms with E-state index in [0.29, 0.717) is 12.5 Å². The summed E-state index contributed by atoms with van der Waals surface area (Å²) in [4.78, 5) is 11.1. The summed E-state index contributed by atoms with van der Waals surface area (Å²) in [7, 11) is 0. The summed E-state index contributed by atoms with van der Waals surface area (Å²) in [5.74, 6) is -0.548. The van der Waals surface area contributed by atoms with Crippen LogP contribution in [0.3, 0.4) is 0 Å². The average molecular weight is 152 g/mol. The number of rotatable bonds is 3. The van der Waals surface area contributed by atoms with Gasteiger partial charge < -0.3 is 5.32 Å². The molecule has 0 aliphatic heterocycles. The lowest BCUT2D eigenvalue weighted by Gasteiger charge is -2.05. The zero-order chi connectivity index (χ0) is 8.27. The molecule has 3 heteroatoms. The average Bonchev–Trinajstić information content (AvgIpc) is 2.74. The van der Waals surface area contributed by atoms with E-state index < -0.39 is 5.92 Å². The monoisotopic (exact) mass is 152 g/mol. The van der Waals surface area contributed by atoms with Gasteiger partial charge in [-0.25, -0.2) is 0 Å². The molecule has 1 rings (SSSR count). The van der Waals surface area contributed by atoms with Crippen LogP contribution in [0.2, 0.25) is 0 Å². The van der Waals surface area contributed by atoms with Gasteiger partial charge in [0.1, 0.15) is 5.92 Å². The summed E-state index contributed by atoms with van der Waals surface area (Å²) in [5.41, 5.74) is 0. The molecule has 11 heavy (non-hydrogen) atoms. The molecule has 3 nitrogen and oxygen atoms in total. The zero-order valence-electron chi connectivity index (χ0n) is 6.63. The molecule has 0 aromatic heterocycles. The quantitative estimate of drug-likeness (QED) is 0.650. The second-order valence-corrected chi connectivity index (χ2v) is 2.87. The van der Waals surface area contributed by atoms with E-state index in [4.69, 9.17) is 5.26 Å². The van der Waals surface area contributed by atoms with Crippen molar-refractivity contribution in [2.75, 3.05) is 0 Å². The van der Waals surface area contributed by atoms with Crippen LogP contribution in [0.1, 0.15) is 26.2 Å². The number of hydrogen-bond donors (Lipinski definition) is 1. The third-order valence-corrected chi connectivity index (χ3v) is 1.80. The minimum absolute atomic E-state index is 0.0995. The third kappa shape index (κ3) is 2.23.